The van der Waals surface area contributed by atoms with E-state index in [2.05, 4.69) is 6.07 Å². The summed E-state index contributed by atoms with van der Waals surface area (Å²) in [6, 6.07) is 9.67. The van der Waals surface area contributed by atoms with Crippen LogP contribution in [-0.4, -0.2) is 0 Å². The van der Waals surface area contributed by atoms with Crippen LogP contribution in [0.2, 0.25) is 0 Å². The largest absolute Gasteiger partial charge is 0.246 e. The van der Waals surface area contributed by atoms with E-state index >= 15 is 0 Å². The molecule has 1 heteroatoms. The van der Waals surface area contributed by atoms with E-state index in [4.69, 9.17) is 0 Å². The molecule has 0 N–H and O–H groups in total. The van der Waals surface area contributed by atoms with E-state index in [1.807, 2.05) is 0 Å². The van der Waals surface area contributed by atoms with Crippen molar-refractivity contribution < 1.29 is 4.39 Å². The molecule has 8 heavy (non-hydrogen) atoms. The predicted molar refractivity (Wildman–Crippen MR) is 30.1 cm³/mol. The van der Waals surface area contributed by atoms with Gasteiger partial charge >= 0.3 is 0 Å². The Morgan fingerprint density at radius 1 is 1.62 bits per heavy atom. The fourth-order valence-corrected chi connectivity index (χ4v) is 0.514. The van der Waals surface area contributed by atoms with Crippen LogP contribution < -0.4 is 0 Å². The van der Waals surface area contributed by atoms with Gasteiger partial charge in [0.1, 0.15) is 6.67 Å². The lowest BCUT2D eigenvalue weighted by molar-refractivity contribution is 0.485. The van der Waals surface area contributed by atoms with Crippen molar-refractivity contribution in [2.75, 3.05) is 0 Å². The summed E-state index contributed by atoms with van der Waals surface area (Å²) in [5.41, 5.74) is 0.688. The molecule has 0 aliphatic carbocycles. The molecule has 0 aliphatic rings. The highest BCUT2D eigenvalue weighted by Gasteiger charge is 1.83. The molecular formula is C7H6F. The summed E-state index contributed by atoms with van der Waals surface area (Å²) in [6.45, 7) is -0.392. The Hall–Kier alpha value is -0.850. The highest BCUT2D eigenvalue weighted by atomic mass is 19.1. The van der Waals surface area contributed by atoms with Gasteiger partial charge in [0.15, 0.2) is 0 Å². The Morgan fingerprint density at radius 3 is 2.88 bits per heavy atom. The second-order valence-electron chi connectivity index (χ2n) is 1.55. The summed E-state index contributed by atoms with van der Waals surface area (Å²) < 4.78 is 11.7. The molecule has 1 aromatic carbocycles. The van der Waals surface area contributed by atoms with Crippen LogP contribution in [0.1, 0.15) is 5.56 Å². The molecule has 0 heterocycles. The average molecular weight is 109 g/mol. The molecule has 0 nitrogen and oxygen atoms in total. The normalized spacial score (nSPS) is 9.12. The van der Waals surface area contributed by atoms with Gasteiger partial charge in [0.25, 0.3) is 0 Å². The molecular weight excluding hydrogens is 103 g/mol. The highest BCUT2D eigenvalue weighted by Crippen LogP contribution is 1.97. The SMILES string of the molecule is FCc1c[c]ccc1. The second-order valence-corrected chi connectivity index (χ2v) is 1.55. The molecule has 0 unspecified atom stereocenters. The van der Waals surface area contributed by atoms with Gasteiger partial charge in [0.05, 0.1) is 0 Å². The van der Waals surface area contributed by atoms with Crippen LogP contribution in [-0.2, 0) is 6.67 Å². The first-order valence-corrected chi connectivity index (χ1v) is 2.44. The monoisotopic (exact) mass is 109 g/mol. The molecule has 41 valence electrons. The Balaban J connectivity index is 2.83. The van der Waals surface area contributed by atoms with E-state index in [0.29, 0.717) is 5.56 Å². The van der Waals surface area contributed by atoms with Gasteiger partial charge in [-0.1, -0.05) is 18.2 Å². The molecule has 1 rings (SSSR count). The Morgan fingerprint density at radius 2 is 2.50 bits per heavy atom. The van der Waals surface area contributed by atoms with Gasteiger partial charge in [0.2, 0.25) is 0 Å². The lowest BCUT2D eigenvalue weighted by atomic mass is 10.2. The van der Waals surface area contributed by atoms with Crippen LogP contribution in [0.5, 0.6) is 0 Å². The summed E-state index contributed by atoms with van der Waals surface area (Å²) in [4.78, 5) is 0. The molecule has 0 fully saturated rings. The molecule has 0 aromatic heterocycles. The molecule has 1 aromatic rings. The molecule has 1 radical (unpaired) electrons. The number of hydrogen-bond donors (Lipinski definition) is 0. The van der Waals surface area contributed by atoms with E-state index in [0.717, 1.165) is 0 Å². The molecule has 0 amide bonds. The first-order valence-electron chi connectivity index (χ1n) is 2.44. The van der Waals surface area contributed by atoms with Crippen LogP contribution >= 0.6 is 0 Å². The van der Waals surface area contributed by atoms with Crippen LogP contribution in [0.4, 0.5) is 4.39 Å². The minimum Gasteiger partial charge on any atom is -0.246 e. The number of rotatable bonds is 1. The van der Waals surface area contributed by atoms with Crippen molar-refractivity contribution in [3.8, 4) is 0 Å². The van der Waals surface area contributed by atoms with Crippen LogP contribution in [0, 0.1) is 6.07 Å². The lowest BCUT2D eigenvalue weighted by Gasteiger charge is -1.86. The fraction of sp³-hybridized carbons (Fsp3) is 0.143. The number of alkyl halides is 1. The number of hydrogen-bond acceptors (Lipinski definition) is 0. The van der Waals surface area contributed by atoms with Crippen molar-refractivity contribution in [3.05, 3.63) is 35.9 Å². The van der Waals surface area contributed by atoms with Gasteiger partial charge in [0, 0.05) is 0 Å². The smallest absolute Gasteiger partial charge is 0.115 e. The second kappa shape index (κ2) is 2.46. The van der Waals surface area contributed by atoms with Crippen molar-refractivity contribution in [1.82, 2.24) is 0 Å². The van der Waals surface area contributed by atoms with E-state index in [1.54, 1.807) is 24.3 Å². The van der Waals surface area contributed by atoms with Gasteiger partial charge in [-0.15, -0.1) is 0 Å². The van der Waals surface area contributed by atoms with Gasteiger partial charge in [-0.05, 0) is 17.7 Å². The van der Waals surface area contributed by atoms with E-state index in [1.165, 1.54) is 0 Å². The molecule has 0 spiro atoms. The molecule has 0 saturated carbocycles. The Labute approximate surface area is 48.0 Å². The molecule has 0 saturated heterocycles. The van der Waals surface area contributed by atoms with E-state index in [9.17, 15) is 4.39 Å². The third-order valence-electron chi connectivity index (χ3n) is 0.926. The maximum atomic E-state index is 11.7. The molecule has 0 bridgehead atoms. The maximum Gasteiger partial charge on any atom is 0.115 e. The first kappa shape index (κ1) is 5.29. The minimum absolute atomic E-state index is 0.392. The molecule has 0 atom stereocenters. The third kappa shape index (κ3) is 1.06. The van der Waals surface area contributed by atoms with Crippen molar-refractivity contribution in [3.63, 3.8) is 0 Å². The van der Waals surface area contributed by atoms with Crippen molar-refractivity contribution in [2.45, 2.75) is 6.67 Å². The van der Waals surface area contributed by atoms with Crippen LogP contribution in [0.15, 0.2) is 24.3 Å². The zero-order valence-corrected chi connectivity index (χ0v) is 4.39. The first-order chi connectivity index (χ1) is 3.93. The lowest BCUT2D eigenvalue weighted by Crippen LogP contribution is -1.72. The number of halogens is 1. The topological polar surface area (TPSA) is 0 Å². The summed E-state index contributed by atoms with van der Waals surface area (Å²) >= 11 is 0. The van der Waals surface area contributed by atoms with E-state index < -0.39 is 6.67 Å². The molecule has 0 aliphatic heterocycles. The summed E-state index contributed by atoms with van der Waals surface area (Å²) in [6.07, 6.45) is 0. The average Bonchev–Trinajstić information content (AvgIpc) is 1.90. The third-order valence-corrected chi connectivity index (χ3v) is 0.926. The van der Waals surface area contributed by atoms with Crippen molar-refractivity contribution >= 4 is 0 Å². The standard InChI is InChI=1S/C7H6F/c8-6-7-4-2-1-3-5-7/h1-2,4-5H,6H2. The van der Waals surface area contributed by atoms with Gasteiger partial charge in [-0.3, -0.25) is 0 Å². The van der Waals surface area contributed by atoms with Crippen LogP contribution in [0.25, 0.3) is 0 Å². The quantitative estimate of drug-likeness (QED) is 0.517. The van der Waals surface area contributed by atoms with Crippen LogP contribution in [0.3, 0.4) is 0 Å². The van der Waals surface area contributed by atoms with Crippen molar-refractivity contribution in [2.24, 2.45) is 0 Å². The number of benzene rings is 1. The van der Waals surface area contributed by atoms with Gasteiger partial charge < -0.3 is 0 Å². The van der Waals surface area contributed by atoms with Crippen molar-refractivity contribution in [1.29, 1.82) is 0 Å². The zero-order valence-electron chi connectivity index (χ0n) is 4.39. The maximum absolute atomic E-state index is 11.7. The summed E-state index contributed by atoms with van der Waals surface area (Å²) in [5.74, 6) is 0. The minimum atomic E-state index is -0.392. The van der Waals surface area contributed by atoms with Gasteiger partial charge in [-0.2, -0.15) is 0 Å². The Bertz CT molecular complexity index is 146. The fourth-order valence-electron chi connectivity index (χ4n) is 0.514. The summed E-state index contributed by atoms with van der Waals surface area (Å²) in [7, 11) is 0. The Kier molecular flexibility index (Phi) is 1.62. The van der Waals surface area contributed by atoms with E-state index in [-0.39, 0.29) is 0 Å². The van der Waals surface area contributed by atoms with Gasteiger partial charge in [-0.25, -0.2) is 4.39 Å². The highest BCUT2D eigenvalue weighted by molar-refractivity contribution is 5.11. The summed E-state index contributed by atoms with van der Waals surface area (Å²) in [5, 5.41) is 0. The zero-order chi connectivity index (χ0) is 5.82. The predicted octanol–water partition coefficient (Wildman–Crippen LogP) is 1.96.